The summed E-state index contributed by atoms with van der Waals surface area (Å²) in [5.41, 5.74) is 1.21. The van der Waals surface area contributed by atoms with Gasteiger partial charge in [-0.25, -0.2) is 9.98 Å². The van der Waals surface area contributed by atoms with Crippen LogP contribution in [0.3, 0.4) is 0 Å². The van der Waals surface area contributed by atoms with E-state index in [0.29, 0.717) is 0 Å². The van der Waals surface area contributed by atoms with E-state index in [0.717, 1.165) is 42.6 Å². The van der Waals surface area contributed by atoms with Gasteiger partial charge in [-0.1, -0.05) is 12.1 Å². The van der Waals surface area contributed by atoms with Crippen LogP contribution in [0.4, 0.5) is 0 Å². The first-order valence-electron chi connectivity index (χ1n) is 9.63. The summed E-state index contributed by atoms with van der Waals surface area (Å²) in [6.45, 7) is 3.68. The smallest absolute Gasteiger partial charge is 0.243 e. The molecule has 0 aliphatic heterocycles. The van der Waals surface area contributed by atoms with Crippen LogP contribution in [-0.2, 0) is 17.6 Å². The number of amides is 1. The number of carbonyl (C=O) groups excluding carboxylic acids is 1. The van der Waals surface area contributed by atoms with E-state index in [-0.39, 0.29) is 36.4 Å². The number of aromatic nitrogens is 1. The van der Waals surface area contributed by atoms with Crippen molar-refractivity contribution in [1.82, 2.24) is 20.1 Å². The summed E-state index contributed by atoms with van der Waals surface area (Å²) < 4.78 is 5.20. The molecule has 0 spiro atoms. The normalized spacial score (nSPS) is 10.9. The molecule has 1 aromatic carbocycles. The van der Waals surface area contributed by atoms with Gasteiger partial charge in [-0.2, -0.15) is 0 Å². The highest BCUT2D eigenvalue weighted by molar-refractivity contribution is 14.0. The summed E-state index contributed by atoms with van der Waals surface area (Å²) >= 11 is 1.71. The zero-order valence-electron chi connectivity index (χ0n) is 18.3. The van der Waals surface area contributed by atoms with Crippen LogP contribution in [0.15, 0.2) is 35.5 Å². The van der Waals surface area contributed by atoms with Crippen molar-refractivity contribution in [1.29, 1.82) is 0 Å². The molecule has 2 rings (SSSR count). The molecule has 1 N–H and O–H groups in total. The van der Waals surface area contributed by atoms with E-state index in [1.165, 1.54) is 10.4 Å². The van der Waals surface area contributed by atoms with Gasteiger partial charge in [0.1, 0.15) is 12.3 Å². The molecule has 0 atom stereocenters. The van der Waals surface area contributed by atoms with Gasteiger partial charge in [0.05, 0.1) is 12.1 Å². The Morgan fingerprint density at radius 3 is 2.47 bits per heavy atom. The summed E-state index contributed by atoms with van der Waals surface area (Å²) in [7, 11) is 7.13. The minimum absolute atomic E-state index is 0. The summed E-state index contributed by atoms with van der Waals surface area (Å²) in [6, 6.07) is 8.03. The first kappa shape index (κ1) is 26.2. The Balaban J connectivity index is 0.00000450. The minimum Gasteiger partial charge on any atom is -0.497 e. The lowest BCUT2D eigenvalue weighted by molar-refractivity contribution is -0.127. The van der Waals surface area contributed by atoms with Gasteiger partial charge >= 0.3 is 0 Å². The van der Waals surface area contributed by atoms with Gasteiger partial charge in [-0.05, 0) is 31.0 Å². The van der Waals surface area contributed by atoms with Crippen LogP contribution in [-0.4, -0.2) is 74.5 Å². The van der Waals surface area contributed by atoms with E-state index in [2.05, 4.69) is 34.3 Å². The molecule has 7 nitrogen and oxygen atoms in total. The summed E-state index contributed by atoms with van der Waals surface area (Å²) in [5.74, 6) is 1.55. The van der Waals surface area contributed by atoms with Crippen molar-refractivity contribution < 1.29 is 9.53 Å². The lowest BCUT2D eigenvalue weighted by Crippen LogP contribution is -2.41. The minimum atomic E-state index is -0.0246. The number of nitrogens with one attached hydrogen (secondary N) is 1. The predicted octanol–water partition coefficient (Wildman–Crippen LogP) is 2.83. The molecule has 0 aliphatic carbocycles. The van der Waals surface area contributed by atoms with E-state index in [4.69, 9.17) is 4.74 Å². The number of nitrogens with zero attached hydrogens (tertiary/aromatic N) is 4. The Hall–Kier alpha value is -1.88. The number of aryl methyl sites for hydroxylation is 1. The second-order valence-electron chi connectivity index (χ2n) is 6.99. The fourth-order valence-electron chi connectivity index (χ4n) is 2.59. The Labute approximate surface area is 200 Å². The largest absolute Gasteiger partial charge is 0.497 e. The number of aliphatic imine (C=N–C) groups is 1. The number of ether oxygens (including phenoxy) is 1. The Bertz CT molecular complexity index is 808. The Morgan fingerprint density at radius 1 is 1.20 bits per heavy atom. The molecule has 2 aromatic rings. The molecule has 0 radical (unpaired) electrons. The van der Waals surface area contributed by atoms with Crippen LogP contribution in [0.5, 0.6) is 5.75 Å². The van der Waals surface area contributed by atoms with E-state index in [1.54, 1.807) is 37.4 Å². The van der Waals surface area contributed by atoms with Crippen LogP contribution in [0, 0.1) is 6.92 Å². The van der Waals surface area contributed by atoms with Crippen molar-refractivity contribution >= 4 is 47.2 Å². The number of guanidine groups is 1. The molecule has 0 unspecified atom stereocenters. The highest BCUT2D eigenvalue weighted by Crippen LogP contribution is 2.12. The zero-order chi connectivity index (χ0) is 21.2. The Morgan fingerprint density at radius 2 is 1.90 bits per heavy atom. The van der Waals surface area contributed by atoms with Gasteiger partial charge in [-0.3, -0.25) is 4.79 Å². The standard InChI is InChI=1S/C21H31N5O2S.HI/c1-16-14-23-19(29-16)11-13-26(4)21(24-15-20(27)25(2)3)22-12-10-17-6-8-18(28-5)9-7-17;/h6-9,14H,10-13,15H2,1-5H3,(H,22,24);1H. The number of hydrogen-bond acceptors (Lipinski definition) is 5. The topological polar surface area (TPSA) is 70.1 Å². The number of carbonyl (C=O) groups is 1. The summed E-state index contributed by atoms with van der Waals surface area (Å²) in [6.07, 6.45) is 3.60. The molecule has 0 saturated heterocycles. The molecule has 0 saturated carbocycles. The quantitative estimate of drug-likeness (QED) is 0.298. The van der Waals surface area contributed by atoms with Gasteiger partial charge in [0.25, 0.3) is 0 Å². The van der Waals surface area contributed by atoms with Gasteiger partial charge < -0.3 is 19.9 Å². The first-order valence-corrected chi connectivity index (χ1v) is 10.4. The highest BCUT2D eigenvalue weighted by Gasteiger charge is 2.10. The fourth-order valence-corrected chi connectivity index (χ4v) is 3.37. The summed E-state index contributed by atoms with van der Waals surface area (Å²) in [5, 5.41) is 4.50. The molecule has 0 bridgehead atoms. The number of methoxy groups -OCH3 is 1. The SMILES string of the molecule is COc1ccc(CCNC(=NCC(=O)N(C)C)N(C)CCc2ncc(C)s2)cc1.I. The zero-order valence-corrected chi connectivity index (χ0v) is 21.5. The molecule has 1 heterocycles. The van der Waals surface area contributed by atoms with Gasteiger partial charge in [0.2, 0.25) is 5.91 Å². The number of benzene rings is 1. The number of rotatable bonds is 9. The average Bonchev–Trinajstić information content (AvgIpc) is 3.14. The van der Waals surface area contributed by atoms with Crippen molar-refractivity contribution in [2.24, 2.45) is 4.99 Å². The second-order valence-corrected chi connectivity index (χ2v) is 8.31. The molecular weight excluding hydrogens is 513 g/mol. The third kappa shape index (κ3) is 8.86. The number of thiazole rings is 1. The maximum atomic E-state index is 12.0. The van der Waals surface area contributed by atoms with Crippen LogP contribution in [0.2, 0.25) is 0 Å². The maximum Gasteiger partial charge on any atom is 0.243 e. The van der Waals surface area contributed by atoms with Crippen molar-refractivity contribution in [2.75, 3.05) is 47.9 Å². The number of likely N-dealkylation sites (N-methyl/N-ethyl adjacent to an activating group) is 2. The third-order valence-corrected chi connectivity index (χ3v) is 5.38. The van der Waals surface area contributed by atoms with E-state index in [9.17, 15) is 4.79 Å². The molecule has 0 aliphatic rings. The lowest BCUT2D eigenvalue weighted by atomic mass is 10.1. The second kappa shape index (κ2) is 13.4. The fraction of sp³-hybridized carbons (Fsp3) is 0.476. The Kier molecular flexibility index (Phi) is 11.7. The molecule has 1 amide bonds. The summed E-state index contributed by atoms with van der Waals surface area (Å²) in [4.78, 5) is 25.7. The monoisotopic (exact) mass is 545 g/mol. The lowest BCUT2D eigenvalue weighted by Gasteiger charge is -2.22. The van der Waals surface area contributed by atoms with Crippen molar-refractivity contribution in [3.05, 3.63) is 45.9 Å². The third-order valence-electron chi connectivity index (χ3n) is 4.41. The van der Waals surface area contributed by atoms with Crippen molar-refractivity contribution in [2.45, 2.75) is 19.8 Å². The predicted molar refractivity (Wildman–Crippen MR) is 134 cm³/mol. The van der Waals surface area contributed by atoms with E-state index in [1.807, 2.05) is 30.3 Å². The maximum absolute atomic E-state index is 12.0. The molecule has 30 heavy (non-hydrogen) atoms. The molecular formula is C21H32IN5O2S. The molecule has 0 fully saturated rings. The van der Waals surface area contributed by atoms with E-state index >= 15 is 0 Å². The van der Waals surface area contributed by atoms with Gasteiger partial charge in [-0.15, -0.1) is 35.3 Å². The van der Waals surface area contributed by atoms with Crippen LogP contribution < -0.4 is 10.1 Å². The number of hydrogen-bond donors (Lipinski definition) is 1. The van der Waals surface area contributed by atoms with Gasteiger partial charge in [0, 0.05) is 51.7 Å². The molecule has 1 aromatic heterocycles. The van der Waals surface area contributed by atoms with E-state index < -0.39 is 0 Å². The van der Waals surface area contributed by atoms with Crippen LogP contribution >= 0.6 is 35.3 Å². The van der Waals surface area contributed by atoms with Crippen molar-refractivity contribution in [3.63, 3.8) is 0 Å². The van der Waals surface area contributed by atoms with Crippen LogP contribution in [0.1, 0.15) is 15.4 Å². The average molecular weight is 545 g/mol. The van der Waals surface area contributed by atoms with Crippen LogP contribution in [0.25, 0.3) is 0 Å². The van der Waals surface area contributed by atoms with Gasteiger partial charge in [0.15, 0.2) is 5.96 Å². The first-order chi connectivity index (χ1) is 13.9. The highest BCUT2D eigenvalue weighted by atomic mass is 127. The van der Waals surface area contributed by atoms with Crippen molar-refractivity contribution in [3.8, 4) is 5.75 Å². The molecule has 166 valence electrons. The molecule has 9 heteroatoms. The number of halogens is 1.